The van der Waals surface area contributed by atoms with Gasteiger partial charge in [-0.3, -0.25) is 10.1 Å². The molecule has 2 amide bonds. The predicted octanol–water partition coefficient (Wildman–Crippen LogP) is 1.99. The van der Waals surface area contributed by atoms with Crippen LogP contribution < -0.4 is 16.4 Å². The highest BCUT2D eigenvalue weighted by molar-refractivity contribution is 5.89. The van der Waals surface area contributed by atoms with Gasteiger partial charge in [-0.1, -0.05) is 12.8 Å². The number of benzene rings is 1. The van der Waals surface area contributed by atoms with Crippen molar-refractivity contribution in [3.63, 3.8) is 0 Å². The number of anilines is 1. The Bertz CT molecular complexity index is 495. The average molecular weight is 278 g/mol. The number of hydrogen-bond acceptors (Lipinski definition) is 4. The number of non-ortho nitro benzene ring substituents is 1. The zero-order valence-corrected chi connectivity index (χ0v) is 11.1. The van der Waals surface area contributed by atoms with Crippen molar-refractivity contribution in [3.05, 3.63) is 34.4 Å². The van der Waals surface area contributed by atoms with Crippen molar-refractivity contribution in [3.8, 4) is 0 Å². The van der Waals surface area contributed by atoms with E-state index in [1.807, 2.05) is 0 Å². The van der Waals surface area contributed by atoms with Crippen molar-refractivity contribution in [2.75, 3.05) is 11.9 Å². The van der Waals surface area contributed by atoms with Gasteiger partial charge in [0.25, 0.3) is 5.69 Å². The lowest BCUT2D eigenvalue weighted by molar-refractivity contribution is -0.384. The molecule has 0 aliphatic heterocycles. The van der Waals surface area contributed by atoms with Crippen LogP contribution in [0.3, 0.4) is 0 Å². The van der Waals surface area contributed by atoms with Crippen molar-refractivity contribution >= 4 is 17.4 Å². The van der Waals surface area contributed by atoms with Crippen LogP contribution in [-0.2, 0) is 0 Å². The van der Waals surface area contributed by atoms with E-state index in [4.69, 9.17) is 5.73 Å². The van der Waals surface area contributed by atoms with Crippen molar-refractivity contribution < 1.29 is 9.72 Å². The van der Waals surface area contributed by atoms with Crippen LogP contribution in [-0.4, -0.2) is 23.0 Å². The number of nitrogens with one attached hydrogen (secondary N) is 2. The van der Waals surface area contributed by atoms with Crippen molar-refractivity contribution in [1.29, 1.82) is 0 Å². The molecule has 7 heteroatoms. The van der Waals surface area contributed by atoms with E-state index in [1.54, 1.807) is 0 Å². The van der Waals surface area contributed by atoms with Crippen LogP contribution in [0.2, 0.25) is 0 Å². The molecular weight excluding hydrogens is 260 g/mol. The molecule has 1 aliphatic rings. The average Bonchev–Trinajstić information content (AvgIpc) is 2.88. The monoisotopic (exact) mass is 278 g/mol. The fraction of sp³-hybridized carbons (Fsp3) is 0.462. The number of carbonyl (C=O) groups is 1. The minimum atomic E-state index is -0.480. The predicted molar refractivity (Wildman–Crippen MR) is 75.5 cm³/mol. The number of nitro groups is 1. The van der Waals surface area contributed by atoms with E-state index in [-0.39, 0.29) is 17.3 Å². The largest absolute Gasteiger partial charge is 0.331 e. The summed E-state index contributed by atoms with van der Waals surface area (Å²) in [4.78, 5) is 22.0. The van der Waals surface area contributed by atoms with Crippen LogP contribution in [0, 0.1) is 10.1 Å². The van der Waals surface area contributed by atoms with Gasteiger partial charge in [0.2, 0.25) is 0 Å². The van der Waals surface area contributed by atoms with Crippen molar-refractivity contribution in [1.82, 2.24) is 5.32 Å². The summed E-state index contributed by atoms with van der Waals surface area (Å²) in [5, 5.41) is 16.1. The Morgan fingerprint density at radius 1 is 1.30 bits per heavy atom. The normalized spacial score (nSPS) is 16.6. The second kappa shape index (κ2) is 5.87. The summed E-state index contributed by atoms with van der Waals surface area (Å²) in [7, 11) is 0. The van der Waals surface area contributed by atoms with Gasteiger partial charge in [0.1, 0.15) is 0 Å². The number of hydrogen-bond donors (Lipinski definition) is 3. The molecule has 1 aromatic rings. The van der Waals surface area contributed by atoms with Crippen LogP contribution in [0.15, 0.2) is 24.3 Å². The number of amides is 2. The Balaban J connectivity index is 1.95. The number of nitrogens with two attached hydrogens (primary N) is 1. The molecule has 0 heterocycles. The summed E-state index contributed by atoms with van der Waals surface area (Å²) in [6.07, 6.45) is 3.90. The van der Waals surface area contributed by atoms with Crippen molar-refractivity contribution in [2.45, 2.75) is 31.2 Å². The third kappa shape index (κ3) is 3.24. The lowest BCUT2D eigenvalue weighted by atomic mass is 9.98. The lowest BCUT2D eigenvalue weighted by Gasteiger charge is -2.28. The van der Waals surface area contributed by atoms with E-state index in [9.17, 15) is 14.9 Å². The molecule has 20 heavy (non-hydrogen) atoms. The van der Waals surface area contributed by atoms with Gasteiger partial charge in [-0.25, -0.2) is 4.79 Å². The molecule has 108 valence electrons. The number of nitro benzene ring substituents is 1. The summed E-state index contributed by atoms with van der Waals surface area (Å²) < 4.78 is 0. The zero-order valence-electron chi connectivity index (χ0n) is 11.1. The maximum Gasteiger partial charge on any atom is 0.319 e. The Kier molecular flexibility index (Phi) is 4.19. The van der Waals surface area contributed by atoms with E-state index in [1.165, 1.54) is 24.3 Å². The lowest BCUT2D eigenvalue weighted by Crippen LogP contribution is -2.53. The Morgan fingerprint density at radius 3 is 2.40 bits per heavy atom. The Morgan fingerprint density at radius 2 is 1.90 bits per heavy atom. The molecule has 1 saturated carbocycles. The third-order valence-corrected chi connectivity index (χ3v) is 3.67. The van der Waals surface area contributed by atoms with Gasteiger partial charge < -0.3 is 16.4 Å². The molecular formula is C13H18N4O3. The molecule has 1 aromatic carbocycles. The number of nitrogens with zero attached hydrogens (tertiary/aromatic N) is 1. The zero-order chi connectivity index (χ0) is 14.6. The van der Waals surface area contributed by atoms with Crippen LogP contribution in [0.5, 0.6) is 0 Å². The molecule has 2 rings (SSSR count). The van der Waals surface area contributed by atoms with Gasteiger partial charge in [0.15, 0.2) is 0 Å². The first-order chi connectivity index (χ1) is 9.54. The SMILES string of the molecule is NCC1(NC(=O)Nc2ccc([N+](=O)[O-])cc2)CCCC1. The smallest absolute Gasteiger partial charge is 0.319 e. The van der Waals surface area contributed by atoms with Crippen LogP contribution in [0.25, 0.3) is 0 Å². The second-order valence-electron chi connectivity index (χ2n) is 5.07. The minimum Gasteiger partial charge on any atom is -0.331 e. The first kappa shape index (κ1) is 14.3. The molecule has 0 saturated heterocycles. The summed E-state index contributed by atoms with van der Waals surface area (Å²) in [5.41, 5.74) is 5.93. The quantitative estimate of drug-likeness (QED) is 0.577. The first-order valence-electron chi connectivity index (χ1n) is 6.58. The van der Waals surface area contributed by atoms with Gasteiger partial charge in [-0.2, -0.15) is 0 Å². The second-order valence-corrected chi connectivity index (χ2v) is 5.07. The van der Waals surface area contributed by atoms with E-state index in [0.717, 1.165) is 25.7 Å². The third-order valence-electron chi connectivity index (χ3n) is 3.67. The summed E-state index contributed by atoms with van der Waals surface area (Å²) in [5.74, 6) is 0. The fourth-order valence-electron chi connectivity index (χ4n) is 2.50. The molecule has 0 atom stereocenters. The highest BCUT2D eigenvalue weighted by Crippen LogP contribution is 2.28. The van der Waals surface area contributed by atoms with Gasteiger partial charge in [-0.05, 0) is 25.0 Å². The van der Waals surface area contributed by atoms with E-state index >= 15 is 0 Å². The van der Waals surface area contributed by atoms with Crippen LogP contribution in [0.4, 0.5) is 16.2 Å². The maximum atomic E-state index is 11.9. The molecule has 1 aliphatic carbocycles. The number of urea groups is 1. The van der Waals surface area contributed by atoms with E-state index in [0.29, 0.717) is 12.2 Å². The number of rotatable bonds is 4. The molecule has 1 fully saturated rings. The number of carbonyl (C=O) groups excluding carboxylic acids is 1. The van der Waals surface area contributed by atoms with E-state index in [2.05, 4.69) is 10.6 Å². The molecule has 0 radical (unpaired) electrons. The van der Waals surface area contributed by atoms with Gasteiger partial charge in [0.05, 0.1) is 10.5 Å². The molecule has 0 spiro atoms. The summed E-state index contributed by atoms with van der Waals surface area (Å²) in [6.45, 7) is 0.417. The standard InChI is InChI=1S/C13H18N4O3/c14-9-13(7-1-2-8-13)16-12(18)15-10-3-5-11(6-4-10)17(19)20/h3-6H,1-2,7-9,14H2,(H2,15,16,18). The maximum absolute atomic E-state index is 11.9. The fourth-order valence-corrected chi connectivity index (χ4v) is 2.50. The highest BCUT2D eigenvalue weighted by Gasteiger charge is 2.33. The van der Waals surface area contributed by atoms with Crippen molar-refractivity contribution in [2.24, 2.45) is 5.73 Å². The molecule has 0 unspecified atom stereocenters. The Hall–Kier alpha value is -2.15. The highest BCUT2D eigenvalue weighted by atomic mass is 16.6. The molecule has 0 bridgehead atoms. The van der Waals surface area contributed by atoms with E-state index < -0.39 is 4.92 Å². The van der Waals surface area contributed by atoms with Gasteiger partial charge in [0, 0.05) is 24.4 Å². The first-order valence-corrected chi connectivity index (χ1v) is 6.58. The summed E-state index contributed by atoms with van der Waals surface area (Å²) >= 11 is 0. The van der Waals surface area contributed by atoms with Crippen LogP contribution >= 0.6 is 0 Å². The Labute approximate surface area is 116 Å². The topological polar surface area (TPSA) is 110 Å². The minimum absolute atomic E-state index is 0.00909. The van der Waals surface area contributed by atoms with Crippen LogP contribution in [0.1, 0.15) is 25.7 Å². The molecule has 4 N–H and O–H groups in total. The van der Waals surface area contributed by atoms with Gasteiger partial charge >= 0.3 is 6.03 Å². The molecule has 7 nitrogen and oxygen atoms in total. The van der Waals surface area contributed by atoms with Gasteiger partial charge in [-0.15, -0.1) is 0 Å². The molecule has 0 aromatic heterocycles. The summed E-state index contributed by atoms with van der Waals surface area (Å²) in [6, 6.07) is 5.38.